The third kappa shape index (κ3) is 4.71. The van der Waals surface area contributed by atoms with Crippen molar-refractivity contribution >= 4 is 22.7 Å². The summed E-state index contributed by atoms with van der Waals surface area (Å²) < 4.78 is 0. The molecular weight excluding hydrogens is 338 g/mol. The fourth-order valence-corrected chi connectivity index (χ4v) is 3.82. The number of rotatable bonds is 6. The third-order valence-electron chi connectivity index (χ3n) is 5.73. The Morgan fingerprint density at radius 1 is 1.19 bits per heavy atom. The molecule has 5 nitrogen and oxygen atoms in total. The molecule has 0 aliphatic carbocycles. The van der Waals surface area contributed by atoms with E-state index in [2.05, 4.69) is 24.1 Å². The van der Waals surface area contributed by atoms with E-state index in [9.17, 15) is 9.59 Å². The summed E-state index contributed by atoms with van der Waals surface area (Å²) >= 11 is 0. The monoisotopic (exact) mass is 369 g/mol. The lowest BCUT2D eigenvalue weighted by Crippen LogP contribution is -2.43. The first-order valence-electron chi connectivity index (χ1n) is 10.1. The van der Waals surface area contributed by atoms with Gasteiger partial charge in [-0.2, -0.15) is 0 Å². The Bertz CT molecular complexity index is 755. The van der Waals surface area contributed by atoms with Crippen LogP contribution in [0.5, 0.6) is 0 Å². The molecule has 27 heavy (non-hydrogen) atoms. The number of amides is 2. The molecule has 1 unspecified atom stereocenters. The number of aromatic nitrogens is 1. The van der Waals surface area contributed by atoms with Crippen molar-refractivity contribution in [1.29, 1.82) is 0 Å². The van der Waals surface area contributed by atoms with Gasteiger partial charge in [0.25, 0.3) is 5.91 Å². The fraction of sp³-hybridized carbons (Fsp3) is 0.545. The summed E-state index contributed by atoms with van der Waals surface area (Å²) in [4.78, 5) is 30.3. The lowest BCUT2D eigenvalue weighted by atomic mass is 9.84. The van der Waals surface area contributed by atoms with Crippen LogP contribution in [0.3, 0.4) is 0 Å². The van der Waals surface area contributed by atoms with E-state index >= 15 is 0 Å². The number of benzene rings is 1. The molecule has 1 aromatic heterocycles. The maximum atomic E-state index is 12.8. The highest BCUT2D eigenvalue weighted by atomic mass is 16.2. The van der Waals surface area contributed by atoms with Crippen LogP contribution in [0.4, 0.5) is 0 Å². The zero-order valence-electron chi connectivity index (χ0n) is 16.6. The molecule has 2 heterocycles. The first kappa shape index (κ1) is 19.5. The molecule has 2 N–H and O–H groups in total. The van der Waals surface area contributed by atoms with Gasteiger partial charge in [0.1, 0.15) is 5.69 Å². The minimum Gasteiger partial charge on any atom is -0.356 e. The van der Waals surface area contributed by atoms with Crippen molar-refractivity contribution in [3.05, 3.63) is 36.0 Å². The van der Waals surface area contributed by atoms with Crippen LogP contribution in [0, 0.1) is 17.8 Å². The average molecular weight is 370 g/mol. The van der Waals surface area contributed by atoms with E-state index in [1.54, 1.807) is 0 Å². The normalized spacial score (nSPS) is 16.7. The van der Waals surface area contributed by atoms with Gasteiger partial charge in [-0.05, 0) is 43.2 Å². The first-order chi connectivity index (χ1) is 13.0. The molecule has 146 valence electrons. The zero-order chi connectivity index (χ0) is 19.4. The van der Waals surface area contributed by atoms with Crippen LogP contribution in [-0.4, -0.2) is 41.3 Å². The number of fused-ring (bicyclic) bond motifs is 1. The second kappa shape index (κ2) is 8.59. The zero-order valence-corrected chi connectivity index (χ0v) is 16.6. The van der Waals surface area contributed by atoms with E-state index in [4.69, 9.17) is 0 Å². The summed E-state index contributed by atoms with van der Waals surface area (Å²) in [6, 6.07) is 9.86. The molecule has 5 heteroatoms. The van der Waals surface area contributed by atoms with E-state index in [-0.39, 0.29) is 17.7 Å². The van der Waals surface area contributed by atoms with Gasteiger partial charge in [-0.25, -0.2) is 0 Å². The smallest absolute Gasteiger partial charge is 0.270 e. The molecule has 1 aromatic carbocycles. The molecule has 2 amide bonds. The Morgan fingerprint density at radius 2 is 1.89 bits per heavy atom. The minimum atomic E-state index is 0.00231. The number of para-hydroxylation sites is 1. The van der Waals surface area contributed by atoms with E-state index in [1.807, 2.05) is 42.2 Å². The molecule has 2 aromatic rings. The minimum absolute atomic E-state index is 0.00231. The Hall–Kier alpha value is -2.30. The van der Waals surface area contributed by atoms with Gasteiger partial charge in [-0.1, -0.05) is 39.0 Å². The molecule has 0 saturated carbocycles. The van der Waals surface area contributed by atoms with Crippen molar-refractivity contribution in [3.63, 3.8) is 0 Å². The summed E-state index contributed by atoms with van der Waals surface area (Å²) in [6.07, 6.45) is 2.77. The van der Waals surface area contributed by atoms with Crippen LogP contribution < -0.4 is 5.32 Å². The molecule has 1 fully saturated rings. The number of H-pyrrole nitrogens is 1. The molecule has 1 aliphatic rings. The van der Waals surface area contributed by atoms with Gasteiger partial charge in [-0.15, -0.1) is 0 Å². The lowest BCUT2D eigenvalue weighted by Gasteiger charge is -2.34. The van der Waals surface area contributed by atoms with Crippen molar-refractivity contribution in [3.8, 4) is 0 Å². The highest BCUT2D eigenvalue weighted by molar-refractivity contribution is 5.98. The van der Waals surface area contributed by atoms with Crippen molar-refractivity contribution in [2.45, 2.75) is 40.0 Å². The highest BCUT2D eigenvalue weighted by Gasteiger charge is 2.30. The van der Waals surface area contributed by atoms with Crippen molar-refractivity contribution in [1.82, 2.24) is 15.2 Å². The second-order valence-corrected chi connectivity index (χ2v) is 8.16. The molecular formula is C22H31N3O2. The van der Waals surface area contributed by atoms with Crippen LogP contribution in [-0.2, 0) is 4.79 Å². The topological polar surface area (TPSA) is 65.2 Å². The number of hydrogen-bond acceptors (Lipinski definition) is 2. The summed E-state index contributed by atoms with van der Waals surface area (Å²) in [5, 5.41) is 4.12. The SMILES string of the molecule is CC(C)CCNC(=O)C(C)C1CCN(C(=O)c2cc3ccccc3[nH]2)CC1. The Kier molecular flexibility index (Phi) is 6.19. The number of carbonyl (C=O) groups is 2. The first-order valence-corrected chi connectivity index (χ1v) is 10.1. The quantitative estimate of drug-likeness (QED) is 0.813. The molecule has 0 bridgehead atoms. The average Bonchev–Trinajstić information content (AvgIpc) is 3.10. The van der Waals surface area contributed by atoms with E-state index in [0.29, 0.717) is 30.6 Å². The van der Waals surface area contributed by atoms with Crippen LogP contribution in [0.2, 0.25) is 0 Å². The summed E-state index contributed by atoms with van der Waals surface area (Å²) in [7, 11) is 0. The molecule has 1 saturated heterocycles. The molecule has 0 spiro atoms. The molecule has 0 radical (unpaired) electrons. The van der Waals surface area contributed by atoms with Crippen molar-refractivity contribution in [2.24, 2.45) is 17.8 Å². The number of nitrogens with zero attached hydrogens (tertiary/aromatic N) is 1. The summed E-state index contributed by atoms with van der Waals surface area (Å²) in [5.74, 6) is 1.15. The predicted octanol–water partition coefficient (Wildman–Crippen LogP) is 3.82. The van der Waals surface area contributed by atoms with Crippen LogP contribution >= 0.6 is 0 Å². The number of hydrogen-bond donors (Lipinski definition) is 2. The van der Waals surface area contributed by atoms with Gasteiger partial charge >= 0.3 is 0 Å². The fourth-order valence-electron chi connectivity index (χ4n) is 3.82. The maximum absolute atomic E-state index is 12.8. The predicted molar refractivity (Wildman–Crippen MR) is 109 cm³/mol. The largest absolute Gasteiger partial charge is 0.356 e. The van der Waals surface area contributed by atoms with E-state index in [1.165, 1.54) is 0 Å². The number of nitrogens with one attached hydrogen (secondary N) is 2. The molecule has 1 aliphatic heterocycles. The Balaban J connectivity index is 1.52. The van der Waals surface area contributed by atoms with Gasteiger partial charge < -0.3 is 15.2 Å². The maximum Gasteiger partial charge on any atom is 0.270 e. The van der Waals surface area contributed by atoms with E-state index in [0.717, 1.165) is 36.7 Å². The van der Waals surface area contributed by atoms with Gasteiger partial charge in [0, 0.05) is 36.5 Å². The Labute approximate surface area is 161 Å². The molecule has 1 atom stereocenters. The number of carbonyl (C=O) groups excluding carboxylic acids is 2. The van der Waals surface area contributed by atoms with E-state index < -0.39 is 0 Å². The second-order valence-electron chi connectivity index (χ2n) is 8.16. The Morgan fingerprint density at radius 3 is 2.56 bits per heavy atom. The van der Waals surface area contributed by atoms with Crippen molar-refractivity contribution < 1.29 is 9.59 Å². The summed E-state index contributed by atoms with van der Waals surface area (Å²) in [6.45, 7) is 8.51. The van der Waals surface area contributed by atoms with Crippen molar-refractivity contribution in [2.75, 3.05) is 19.6 Å². The highest BCUT2D eigenvalue weighted by Crippen LogP contribution is 2.26. The third-order valence-corrected chi connectivity index (χ3v) is 5.73. The van der Waals surface area contributed by atoms with Gasteiger partial charge in [0.15, 0.2) is 0 Å². The molecule has 3 rings (SSSR count). The number of aromatic amines is 1. The van der Waals surface area contributed by atoms with Gasteiger partial charge in [0.2, 0.25) is 5.91 Å². The van der Waals surface area contributed by atoms with Gasteiger partial charge in [-0.3, -0.25) is 9.59 Å². The van der Waals surface area contributed by atoms with Crippen LogP contribution in [0.15, 0.2) is 30.3 Å². The van der Waals surface area contributed by atoms with Crippen LogP contribution in [0.1, 0.15) is 50.5 Å². The number of likely N-dealkylation sites (tertiary alicyclic amines) is 1. The standard InChI is InChI=1S/C22H31N3O2/c1-15(2)8-11-23-21(26)16(3)17-9-12-25(13-10-17)22(27)20-14-18-6-4-5-7-19(18)24-20/h4-7,14-17,24H,8-13H2,1-3H3,(H,23,26). The lowest BCUT2D eigenvalue weighted by molar-refractivity contribution is -0.126. The number of piperidine rings is 1. The summed E-state index contributed by atoms with van der Waals surface area (Å²) in [5.41, 5.74) is 1.64. The van der Waals surface area contributed by atoms with Crippen LogP contribution in [0.25, 0.3) is 10.9 Å². The van der Waals surface area contributed by atoms with Gasteiger partial charge in [0.05, 0.1) is 0 Å².